The number of carbonyl (C=O) groups is 1. The third kappa shape index (κ3) is 2.06. The molecule has 0 aliphatic carbocycles. The lowest BCUT2D eigenvalue weighted by molar-refractivity contribution is -0.142. The minimum absolute atomic E-state index is 0.949. The third-order valence-electron chi connectivity index (χ3n) is 2.56. The van der Waals surface area contributed by atoms with E-state index in [9.17, 15) is 13.2 Å². The largest absolute Gasteiger partial charge is 0.481 e. The average Bonchev–Trinajstić information content (AvgIpc) is 2.01. The molecule has 0 amide bonds. The van der Waals surface area contributed by atoms with Crippen molar-refractivity contribution in [3.63, 3.8) is 0 Å². The maximum Gasteiger partial charge on any atom is 0.307 e. The van der Waals surface area contributed by atoms with Crippen LogP contribution in [-0.2, 0) is 14.8 Å². The Hall–Kier alpha value is -0.620. The second kappa shape index (κ2) is 3.86. The van der Waals surface area contributed by atoms with Crippen LogP contribution in [0.1, 0.15) is 20.8 Å². The monoisotopic (exact) mass is 223 g/mol. The highest BCUT2D eigenvalue weighted by Crippen LogP contribution is 2.28. The normalized spacial score (nSPS) is 15.6. The molecule has 1 atom stereocenters. The number of nitrogens with zero attached hydrogens (tertiary/aromatic N) is 1. The van der Waals surface area contributed by atoms with Crippen molar-refractivity contribution in [1.29, 1.82) is 0 Å². The summed E-state index contributed by atoms with van der Waals surface area (Å²) in [6.07, 6.45) is 0. The summed E-state index contributed by atoms with van der Waals surface area (Å²) < 4.78 is 23.3. The van der Waals surface area contributed by atoms with Gasteiger partial charge in [0.05, 0.1) is 10.7 Å². The molecular weight excluding hydrogens is 206 g/mol. The number of carboxylic acid groups (broad SMARTS) is 1. The summed E-state index contributed by atoms with van der Waals surface area (Å²) in [6.45, 7) is 4.23. The van der Waals surface area contributed by atoms with Crippen LogP contribution in [0, 0.1) is 5.92 Å². The minimum atomic E-state index is -3.57. The summed E-state index contributed by atoms with van der Waals surface area (Å²) in [4.78, 5) is 10.7. The Morgan fingerprint density at radius 2 is 1.71 bits per heavy atom. The molecule has 0 spiro atoms. The SMILES string of the molecule is CC(C(=O)O)C(C)(C)S(=O)(=O)N(C)C. The van der Waals surface area contributed by atoms with Crippen molar-refractivity contribution in [2.24, 2.45) is 5.92 Å². The van der Waals surface area contributed by atoms with E-state index in [-0.39, 0.29) is 0 Å². The second-order valence-electron chi connectivity index (χ2n) is 3.95. The number of hydrogen-bond acceptors (Lipinski definition) is 3. The Morgan fingerprint density at radius 3 is 1.93 bits per heavy atom. The van der Waals surface area contributed by atoms with Crippen LogP contribution in [0.5, 0.6) is 0 Å². The summed E-state index contributed by atoms with van der Waals surface area (Å²) in [5, 5.41) is 8.78. The Kier molecular flexibility index (Phi) is 3.69. The molecule has 0 radical (unpaired) electrons. The Balaban J connectivity index is 5.26. The minimum Gasteiger partial charge on any atom is -0.481 e. The lowest BCUT2D eigenvalue weighted by Crippen LogP contribution is -2.48. The molecule has 1 N–H and O–H groups in total. The smallest absolute Gasteiger partial charge is 0.307 e. The van der Waals surface area contributed by atoms with E-state index in [2.05, 4.69) is 0 Å². The number of sulfonamides is 1. The molecule has 0 saturated heterocycles. The Labute approximate surface area is 84.8 Å². The van der Waals surface area contributed by atoms with Gasteiger partial charge >= 0.3 is 5.97 Å². The van der Waals surface area contributed by atoms with Gasteiger partial charge in [0.1, 0.15) is 0 Å². The second-order valence-corrected chi connectivity index (χ2v) is 6.68. The van der Waals surface area contributed by atoms with Gasteiger partial charge in [-0.25, -0.2) is 12.7 Å². The van der Waals surface area contributed by atoms with Crippen LogP contribution in [0.3, 0.4) is 0 Å². The molecule has 0 fully saturated rings. The molecule has 0 saturated carbocycles. The molecule has 14 heavy (non-hydrogen) atoms. The van der Waals surface area contributed by atoms with Gasteiger partial charge in [0.15, 0.2) is 0 Å². The van der Waals surface area contributed by atoms with Crippen molar-refractivity contribution in [3.05, 3.63) is 0 Å². The molecular formula is C8H17NO4S. The summed E-state index contributed by atoms with van der Waals surface area (Å²) in [5.74, 6) is -2.06. The van der Waals surface area contributed by atoms with E-state index in [4.69, 9.17) is 5.11 Å². The van der Waals surface area contributed by atoms with Gasteiger partial charge in [-0.1, -0.05) is 6.92 Å². The third-order valence-corrected chi connectivity index (χ3v) is 5.20. The molecule has 0 aliphatic heterocycles. The first kappa shape index (κ1) is 13.4. The zero-order valence-corrected chi connectivity index (χ0v) is 9.92. The van der Waals surface area contributed by atoms with Crippen molar-refractivity contribution in [1.82, 2.24) is 4.31 Å². The van der Waals surface area contributed by atoms with E-state index >= 15 is 0 Å². The van der Waals surface area contributed by atoms with Gasteiger partial charge in [-0.15, -0.1) is 0 Å². The van der Waals surface area contributed by atoms with Gasteiger partial charge in [0, 0.05) is 14.1 Å². The van der Waals surface area contributed by atoms with E-state index in [0.29, 0.717) is 0 Å². The van der Waals surface area contributed by atoms with Gasteiger partial charge in [-0.3, -0.25) is 4.79 Å². The van der Waals surface area contributed by atoms with Crippen LogP contribution < -0.4 is 0 Å². The van der Waals surface area contributed by atoms with Crippen LogP contribution in [0.25, 0.3) is 0 Å². The topological polar surface area (TPSA) is 74.7 Å². The van der Waals surface area contributed by atoms with Gasteiger partial charge in [-0.05, 0) is 13.8 Å². The van der Waals surface area contributed by atoms with Crippen LogP contribution in [-0.4, -0.2) is 42.6 Å². The average molecular weight is 223 g/mol. The van der Waals surface area contributed by atoms with Crippen LogP contribution >= 0.6 is 0 Å². The van der Waals surface area contributed by atoms with Gasteiger partial charge in [0.25, 0.3) is 0 Å². The van der Waals surface area contributed by atoms with Crippen molar-refractivity contribution in [3.8, 4) is 0 Å². The van der Waals surface area contributed by atoms with E-state index in [1.165, 1.54) is 34.9 Å². The molecule has 84 valence electrons. The highest BCUT2D eigenvalue weighted by atomic mass is 32.2. The fourth-order valence-electron chi connectivity index (χ4n) is 0.991. The number of carboxylic acids is 1. The molecule has 0 aromatic heterocycles. The van der Waals surface area contributed by atoms with Crippen molar-refractivity contribution in [2.45, 2.75) is 25.5 Å². The zero-order valence-electron chi connectivity index (χ0n) is 9.10. The van der Waals surface area contributed by atoms with Gasteiger partial charge < -0.3 is 5.11 Å². The van der Waals surface area contributed by atoms with Gasteiger partial charge in [0.2, 0.25) is 10.0 Å². The van der Waals surface area contributed by atoms with Crippen LogP contribution in [0.15, 0.2) is 0 Å². The first-order valence-electron chi connectivity index (χ1n) is 4.20. The van der Waals surface area contributed by atoms with E-state index < -0.39 is 26.7 Å². The van der Waals surface area contributed by atoms with Crippen molar-refractivity contribution < 1.29 is 18.3 Å². The molecule has 0 heterocycles. The molecule has 0 rings (SSSR count). The number of rotatable bonds is 4. The Bertz CT molecular complexity index is 318. The molecule has 0 aromatic carbocycles. The summed E-state index contributed by atoms with van der Waals surface area (Å²) in [6, 6.07) is 0. The molecule has 0 aromatic rings. The fraction of sp³-hybridized carbons (Fsp3) is 0.875. The Morgan fingerprint density at radius 1 is 1.36 bits per heavy atom. The molecule has 0 aliphatic rings. The van der Waals surface area contributed by atoms with E-state index in [1.54, 1.807) is 0 Å². The van der Waals surface area contributed by atoms with Crippen molar-refractivity contribution >= 4 is 16.0 Å². The summed E-state index contributed by atoms with van der Waals surface area (Å²) in [5.41, 5.74) is 0. The van der Waals surface area contributed by atoms with Crippen LogP contribution in [0.4, 0.5) is 0 Å². The first-order valence-corrected chi connectivity index (χ1v) is 5.64. The van der Waals surface area contributed by atoms with Crippen molar-refractivity contribution in [2.75, 3.05) is 14.1 Å². The molecule has 5 nitrogen and oxygen atoms in total. The predicted molar refractivity (Wildman–Crippen MR) is 53.5 cm³/mol. The van der Waals surface area contributed by atoms with E-state index in [0.717, 1.165) is 4.31 Å². The van der Waals surface area contributed by atoms with E-state index in [1.807, 2.05) is 0 Å². The lowest BCUT2D eigenvalue weighted by Gasteiger charge is -2.31. The summed E-state index contributed by atoms with van der Waals surface area (Å²) in [7, 11) is -0.779. The summed E-state index contributed by atoms with van der Waals surface area (Å²) >= 11 is 0. The standard InChI is InChI=1S/C8H17NO4S/c1-6(7(10)11)8(2,3)14(12,13)9(4)5/h6H,1-5H3,(H,10,11). The zero-order chi connectivity index (χ0) is 11.7. The quantitative estimate of drug-likeness (QED) is 0.747. The van der Waals surface area contributed by atoms with Crippen LogP contribution in [0.2, 0.25) is 0 Å². The molecule has 1 unspecified atom stereocenters. The number of aliphatic carboxylic acids is 1. The molecule has 6 heteroatoms. The highest BCUT2D eigenvalue weighted by molar-refractivity contribution is 7.90. The first-order chi connectivity index (χ1) is 6.05. The van der Waals surface area contributed by atoms with Gasteiger partial charge in [-0.2, -0.15) is 0 Å². The molecule has 0 bridgehead atoms. The fourth-order valence-corrected chi connectivity index (χ4v) is 2.48. The lowest BCUT2D eigenvalue weighted by atomic mass is 9.97. The maximum atomic E-state index is 11.8. The highest BCUT2D eigenvalue weighted by Gasteiger charge is 2.44. The number of hydrogen-bond donors (Lipinski definition) is 1. The maximum absolute atomic E-state index is 11.8. The predicted octanol–water partition coefficient (Wildman–Crippen LogP) is 0.377.